The summed E-state index contributed by atoms with van der Waals surface area (Å²) < 4.78 is 4.67. The van der Waals surface area contributed by atoms with Crippen molar-refractivity contribution in [1.29, 1.82) is 0 Å². The van der Waals surface area contributed by atoms with Gasteiger partial charge in [0.2, 0.25) is 6.04 Å². The van der Waals surface area contributed by atoms with Crippen LogP contribution in [0.5, 0.6) is 0 Å². The molecule has 2 aromatic rings. The first kappa shape index (κ1) is 22.5. The summed E-state index contributed by atoms with van der Waals surface area (Å²) in [6.45, 7) is 2.17. The van der Waals surface area contributed by atoms with Crippen molar-refractivity contribution in [2.75, 3.05) is 21.2 Å². The van der Waals surface area contributed by atoms with Crippen LogP contribution >= 0.6 is 0 Å². The standard InChI is InChI=1S/C24H29N3O4/c1-15(26-20-13-14-20)16-5-7-17(8-6-16)18-9-11-19(12-10-18)23(29)27(3)21(22(28)25-2)24(30)31-4/h5-12,15,20-21,26H,13-14H2,1-4H3,(H,25,28). The van der Waals surface area contributed by atoms with Gasteiger partial charge in [0.25, 0.3) is 11.8 Å². The summed E-state index contributed by atoms with van der Waals surface area (Å²) >= 11 is 0. The average molecular weight is 424 g/mol. The van der Waals surface area contributed by atoms with Crippen molar-refractivity contribution in [3.63, 3.8) is 0 Å². The fourth-order valence-electron chi connectivity index (χ4n) is 3.48. The molecule has 1 aliphatic rings. The maximum atomic E-state index is 12.8. The molecular formula is C24H29N3O4. The van der Waals surface area contributed by atoms with E-state index in [1.807, 2.05) is 12.1 Å². The summed E-state index contributed by atoms with van der Waals surface area (Å²) in [5.74, 6) is -1.84. The maximum Gasteiger partial charge on any atom is 0.338 e. The molecule has 1 fully saturated rings. The van der Waals surface area contributed by atoms with Crippen molar-refractivity contribution in [2.45, 2.75) is 37.9 Å². The van der Waals surface area contributed by atoms with Gasteiger partial charge in [0.15, 0.2) is 0 Å². The average Bonchev–Trinajstić information content (AvgIpc) is 3.62. The number of carbonyl (C=O) groups excluding carboxylic acids is 3. The van der Waals surface area contributed by atoms with Gasteiger partial charge in [0.1, 0.15) is 0 Å². The first-order chi connectivity index (χ1) is 14.8. The number of ether oxygens (including phenoxy) is 1. The number of likely N-dealkylation sites (N-methyl/N-ethyl adjacent to an activating group) is 2. The van der Waals surface area contributed by atoms with E-state index in [0.29, 0.717) is 17.6 Å². The highest BCUT2D eigenvalue weighted by atomic mass is 16.5. The Kier molecular flexibility index (Phi) is 7.07. The van der Waals surface area contributed by atoms with Crippen LogP contribution in [0.25, 0.3) is 11.1 Å². The van der Waals surface area contributed by atoms with E-state index >= 15 is 0 Å². The van der Waals surface area contributed by atoms with E-state index in [1.165, 1.54) is 39.6 Å². The van der Waals surface area contributed by atoms with Gasteiger partial charge in [-0.05, 0) is 48.6 Å². The number of rotatable bonds is 8. The number of esters is 1. The van der Waals surface area contributed by atoms with Gasteiger partial charge in [-0.3, -0.25) is 9.59 Å². The van der Waals surface area contributed by atoms with Crippen molar-refractivity contribution in [3.05, 3.63) is 59.7 Å². The van der Waals surface area contributed by atoms with Crippen LogP contribution in [-0.4, -0.2) is 56.0 Å². The minimum absolute atomic E-state index is 0.320. The van der Waals surface area contributed by atoms with Crippen LogP contribution < -0.4 is 10.6 Å². The number of carbonyl (C=O) groups is 3. The van der Waals surface area contributed by atoms with Crippen LogP contribution in [0.2, 0.25) is 0 Å². The lowest BCUT2D eigenvalue weighted by Crippen LogP contribution is -2.51. The Bertz CT molecular complexity index is 920. The minimum atomic E-state index is -1.35. The molecule has 0 spiro atoms. The summed E-state index contributed by atoms with van der Waals surface area (Å²) in [5, 5.41) is 5.98. The molecule has 2 N–H and O–H groups in total. The second-order valence-electron chi connectivity index (χ2n) is 7.82. The zero-order valence-corrected chi connectivity index (χ0v) is 18.3. The van der Waals surface area contributed by atoms with Crippen LogP contribution in [0.4, 0.5) is 0 Å². The van der Waals surface area contributed by atoms with Gasteiger partial charge in [-0.2, -0.15) is 0 Å². The van der Waals surface area contributed by atoms with Crippen LogP contribution in [0.15, 0.2) is 48.5 Å². The van der Waals surface area contributed by atoms with E-state index in [0.717, 1.165) is 16.0 Å². The second-order valence-corrected chi connectivity index (χ2v) is 7.82. The van der Waals surface area contributed by atoms with Crippen molar-refractivity contribution in [2.24, 2.45) is 0 Å². The number of hydrogen-bond donors (Lipinski definition) is 2. The van der Waals surface area contributed by atoms with E-state index in [9.17, 15) is 14.4 Å². The zero-order valence-electron chi connectivity index (χ0n) is 18.3. The Labute approximate surface area is 182 Å². The lowest BCUT2D eigenvalue weighted by molar-refractivity contribution is -0.150. The number of benzene rings is 2. The Morgan fingerprint density at radius 3 is 2.03 bits per heavy atom. The number of nitrogens with one attached hydrogen (secondary N) is 2. The number of hydrogen-bond acceptors (Lipinski definition) is 5. The molecule has 3 rings (SSSR count). The van der Waals surface area contributed by atoms with Gasteiger partial charge < -0.3 is 20.3 Å². The highest BCUT2D eigenvalue weighted by Crippen LogP contribution is 2.26. The van der Waals surface area contributed by atoms with Crippen molar-refractivity contribution >= 4 is 17.8 Å². The van der Waals surface area contributed by atoms with Crippen LogP contribution in [-0.2, 0) is 14.3 Å². The van der Waals surface area contributed by atoms with E-state index in [-0.39, 0.29) is 0 Å². The SMILES string of the molecule is CNC(=O)C(C(=O)OC)N(C)C(=O)c1ccc(-c2ccc(C(C)NC3CC3)cc2)cc1. The lowest BCUT2D eigenvalue weighted by Gasteiger charge is -2.24. The summed E-state index contributed by atoms with van der Waals surface area (Å²) in [7, 11) is 3.99. The van der Waals surface area contributed by atoms with Crippen LogP contribution in [0, 0.1) is 0 Å². The normalized spacial score (nSPS) is 15.0. The van der Waals surface area contributed by atoms with Crippen LogP contribution in [0.1, 0.15) is 41.7 Å². The molecule has 0 aliphatic heterocycles. The molecule has 2 unspecified atom stereocenters. The summed E-state index contributed by atoms with van der Waals surface area (Å²) in [5.41, 5.74) is 3.65. The first-order valence-electron chi connectivity index (χ1n) is 10.4. The topological polar surface area (TPSA) is 87.7 Å². The molecule has 7 heteroatoms. The third-order valence-electron chi connectivity index (χ3n) is 5.57. The predicted octanol–water partition coefficient (Wildman–Crippen LogP) is 2.53. The van der Waals surface area contributed by atoms with Gasteiger partial charge in [-0.1, -0.05) is 36.4 Å². The van der Waals surface area contributed by atoms with E-state index in [2.05, 4.69) is 46.6 Å². The van der Waals surface area contributed by atoms with Crippen LogP contribution in [0.3, 0.4) is 0 Å². The molecule has 0 bridgehead atoms. The van der Waals surface area contributed by atoms with Crippen molar-refractivity contribution in [1.82, 2.24) is 15.5 Å². The molecule has 1 saturated carbocycles. The molecule has 31 heavy (non-hydrogen) atoms. The molecule has 0 aromatic heterocycles. The van der Waals surface area contributed by atoms with Crippen molar-refractivity contribution in [3.8, 4) is 11.1 Å². The Hall–Kier alpha value is -3.19. The van der Waals surface area contributed by atoms with Gasteiger partial charge in [-0.25, -0.2) is 4.79 Å². The number of methoxy groups -OCH3 is 1. The summed E-state index contributed by atoms with van der Waals surface area (Å²) in [6, 6.07) is 15.1. The third-order valence-corrected chi connectivity index (χ3v) is 5.57. The molecule has 0 heterocycles. The summed E-state index contributed by atoms with van der Waals surface area (Å²) in [4.78, 5) is 37.9. The van der Waals surface area contributed by atoms with Gasteiger partial charge >= 0.3 is 5.97 Å². The summed E-state index contributed by atoms with van der Waals surface area (Å²) in [6.07, 6.45) is 2.51. The largest absolute Gasteiger partial charge is 0.467 e. The van der Waals surface area contributed by atoms with E-state index < -0.39 is 23.8 Å². The molecule has 2 atom stereocenters. The van der Waals surface area contributed by atoms with Crippen molar-refractivity contribution < 1.29 is 19.1 Å². The number of amides is 2. The Morgan fingerprint density at radius 1 is 1.00 bits per heavy atom. The molecule has 1 aliphatic carbocycles. The number of nitrogens with zero attached hydrogens (tertiary/aromatic N) is 1. The molecule has 0 radical (unpaired) electrons. The van der Waals surface area contributed by atoms with E-state index in [4.69, 9.17) is 0 Å². The third kappa shape index (κ3) is 5.30. The predicted molar refractivity (Wildman–Crippen MR) is 118 cm³/mol. The highest BCUT2D eigenvalue weighted by Gasteiger charge is 2.34. The minimum Gasteiger partial charge on any atom is -0.467 e. The molecule has 2 aromatic carbocycles. The quantitative estimate of drug-likeness (QED) is 0.503. The monoisotopic (exact) mass is 423 g/mol. The smallest absolute Gasteiger partial charge is 0.338 e. The first-order valence-corrected chi connectivity index (χ1v) is 10.4. The van der Waals surface area contributed by atoms with Gasteiger partial charge in [0.05, 0.1) is 7.11 Å². The highest BCUT2D eigenvalue weighted by molar-refractivity contribution is 6.07. The van der Waals surface area contributed by atoms with Gasteiger partial charge in [-0.15, -0.1) is 0 Å². The fourth-order valence-corrected chi connectivity index (χ4v) is 3.48. The molecule has 164 valence electrons. The molecule has 7 nitrogen and oxygen atoms in total. The lowest BCUT2D eigenvalue weighted by atomic mass is 10.00. The van der Waals surface area contributed by atoms with Gasteiger partial charge in [0, 0.05) is 31.7 Å². The fraction of sp³-hybridized carbons (Fsp3) is 0.375. The zero-order chi connectivity index (χ0) is 22.5. The molecule has 0 saturated heterocycles. The Morgan fingerprint density at radius 2 is 1.55 bits per heavy atom. The molecular weight excluding hydrogens is 394 g/mol. The maximum absolute atomic E-state index is 12.8. The molecule has 2 amide bonds. The second kappa shape index (κ2) is 9.75. The Balaban J connectivity index is 1.72. The van der Waals surface area contributed by atoms with E-state index in [1.54, 1.807) is 12.1 Å².